The molecule has 0 aliphatic heterocycles. The Bertz CT molecular complexity index is 645. The van der Waals surface area contributed by atoms with Crippen LogP contribution in [0.4, 0.5) is 10.1 Å². The van der Waals surface area contributed by atoms with Crippen molar-refractivity contribution in [3.63, 3.8) is 0 Å². The lowest BCUT2D eigenvalue weighted by molar-refractivity contribution is -0.902. The standard InChI is InChI=1S/C17H18ClFN2O/c1-12(13-7-9-14(19)10-8-13)21(2)11-17(22)20-16-6-4-3-5-15(16)18/h3-10,12H,11H2,1-2H3,(H,20,22)/p+1/t12-/m1/s1. The van der Waals surface area contributed by atoms with Gasteiger partial charge in [0.1, 0.15) is 11.9 Å². The van der Waals surface area contributed by atoms with E-state index in [1.807, 2.05) is 26.1 Å². The summed E-state index contributed by atoms with van der Waals surface area (Å²) in [6.07, 6.45) is 0. The zero-order valence-electron chi connectivity index (χ0n) is 12.6. The van der Waals surface area contributed by atoms with Crippen LogP contribution in [0.3, 0.4) is 0 Å². The van der Waals surface area contributed by atoms with Crippen LogP contribution in [0.25, 0.3) is 0 Å². The second kappa shape index (κ2) is 7.38. The number of nitrogens with one attached hydrogen (secondary N) is 2. The van der Waals surface area contributed by atoms with Gasteiger partial charge in [0.05, 0.1) is 17.8 Å². The van der Waals surface area contributed by atoms with E-state index < -0.39 is 0 Å². The molecule has 0 fully saturated rings. The molecule has 1 unspecified atom stereocenters. The van der Waals surface area contributed by atoms with Crippen molar-refractivity contribution < 1.29 is 14.1 Å². The van der Waals surface area contributed by atoms with Crippen molar-refractivity contribution in [2.45, 2.75) is 13.0 Å². The third-order valence-electron chi connectivity index (χ3n) is 3.70. The summed E-state index contributed by atoms with van der Waals surface area (Å²) >= 11 is 6.02. The van der Waals surface area contributed by atoms with E-state index in [4.69, 9.17) is 11.6 Å². The van der Waals surface area contributed by atoms with Gasteiger partial charge in [-0.15, -0.1) is 0 Å². The number of carbonyl (C=O) groups excluding carboxylic acids is 1. The molecule has 22 heavy (non-hydrogen) atoms. The van der Waals surface area contributed by atoms with Gasteiger partial charge in [-0.2, -0.15) is 0 Å². The van der Waals surface area contributed by atoms with Crippen LogP contribution in [0.15, 0.2) is 48.5 Å². The Balaban J connectivity index is 1.96. The molecule has 0 aromatic heterocycles. The number of benzene rings is 2. The first-order valence-electron chi connectivity index (χ1n) is 7.09. The minimum atomic E-state index is -0.259. The van der Waals surface area contributed by atoms with Gasteiger partial charge in [0.25, 0.3) is 5.91 Å². The molecule has 1 amide bonds. The predicted octanol–water partition coefficient (Wildman–Crippen LogP) is 2.69. The predicted molar refractivity (Wildman–Crippen MR) is 86.7 cm³/mol. The fourth-order valence-corrected chi connectivity index (χ4v) is 2.38. The first-order valence-corrected chi connectivity index (χ1v) is 7.47. The van der Waals surface area contributed by atoms with E-state index in [2.05, 4.69) is 5.32 Å². The zero-order valence-corrected chi connectivity index (χ0v) is 13.3. The van der Waals surface area contributed by atoms with Gasteiger partial charge in [-0.05, 0) is 31.2 Å². The molecular formula is C17H19ClFN2O+. The maximum Gasteiger partial charge on any atom is 0.279 e. The van der Waals surface area contributed by atoms with E-state index in [-0.39, 0.29) is 17.8 Å². The van der Waals surface area contributed by atoms with Crippen LogP contribution in [-0.4, -0.2) is 19.5 Å². The van der Waals surface area contributed by atoms with Crippen molar-refractivity contribution in [1.82, 2.24) is 0 Å². The average molecular weight is 322 g/mol. The molecule has 5 heteroatoms. The molecule has 0 aliphatic rings. The number of amides is 1. The van der Waals surface area contributed by atoms with Crippen LogP contribution in [0.1, 0.15) is 18.5 Å². The number of anilines is 1. The van der Waals surface area contributed by atoms with Gasteiger partial charge in [-0.3, -0.25) is 4.79 Å². The molecule has 0 aliphatic carbocycles. The molecular weight excluding hydrogens is 303 g/mol. The number of likely N-dealkylation sites (N-methyl/N-ethyl adjacent to an activating group) is 1. The number of para-hydroxylation sites is 1. The summed E-state index contributed by atoms with van der Waals surface area (Å²) in [4.78, 5) is 13.1. The van der Waals surface area contributed by atoms with Crippen molar-refractivity contribution in [2.24, 2.45) is 0 Å². The van der Waals surface area contributed by atoms with Crippen molar-refractivity contribution in [3.8, 4) is 0 Å². The summed E-state index contributed by atoms with van der Waals surface area (Å²) in [5, 5.41) is 3.32. The van der Waals surface area contributed by atoms with Gasteiger partial charge in [0.15, 0.2) is 6.54 Å². The first-order chi connectivity index (χ1) is 10.5. The highest BCUT2D eigenvalue weighted by molar-refractivity contribution is 6.33. The highest BCUT2D eigenvalue weighted by atomic mass is 35.5. The SMILES string of the molecule is C[C@H](c1ccc(F)cc1)[NH+](C)CC(=O)Nc1ccccc1Cl. The number of hydrogen-bond donors (Lipinski definition) is 2. The number of hydrogen-bond acceptors (Lipinski definition) is 1. The van der Waals surface area contributed by atoms with Crippen LogP contribution in [0.5, 0.6) is 0 Å². The molecule has 0 saturated carbocycles. The lowest BCUT2D eigenvalue weighted by Crippen LogP contribution is -3.10. The summed E-state index contributed by atoms with van der Waals surface area (Å²) < 4.78 is 13.0. The molecule has 3 nitrogen and oxygen atoms in total. The van der Waals surface area contributed by atoms with Crippen LogP contribution < -0.4 is 10.2 Å². The average Bonchev–Trinajstić information content (AvgIpc) is 2.49. The lowest BCUT2D eigenvalue weighted by atomic mass is 10.1. The van der Waals surface area contributed by atoms with E-state index in [0.717, 1.165) is 10.5 Å². The highest BCUT2D eigenvalue weighted by Gasteiger charge is 2.19. The smallest absolute Gasteiger partial charge is 0.279 e. The Kier molecular flexibility index (Phi) is 5.52. The second-order valence-electron chi connectivity index (χ2n) is 5.32. The van der Waals surface area contributed by atoms with E-state index in [9.17, 15) is 9.18 Å². The molecule has 116 valence electrons. The Morgan fingerprint density at radius 1 is 1.23 bits per heavy atom. The summed E-state index contributed by atoms with van der Waals surface area (Å²) in [5.41, 5.74) is 1.60. The summed E-state index contributed by atoms with van der Waals surface area (Å²) in [6, 6.07) is 13.6. The molecule has 2 atom stereocenters. The van der Waals surface area contributed by atoms with Crippen molar-refractivity contribution in [1.29, 1.82) is 0 Å². The van der Waals surface area contributed by atoms with Crippen LogP contribution in [0.2, 0.25) is 5.02 Å². The molecule has 2 rings (SSSR count). The fraction of sp³-hybridized carbons (Fsp3) is 0.235. The summed E-state index contributed by atoms with van der Waals surface area (Å²) in [5.74, 6) is -0.371. The Labute approximate surface area is 134 Å². The quantitative estimate of drug-likeness (QED) is 0.872. The van der Waals surface area contributed by atoms with Gasteiger partial charge in [-0.1, -0.05) is 35.9 Å². The second-order valence-corrected chi connectivity index (χ2v) is 5.73. The number of quaternary nitrogens is 1. The number of carbonyl (C=O) groups is 1. The van der Waals surface area contributed by atoms with Crippen molar-refractivity contribution in [3.05, 3.63) is 64.9 Å². The molecule has 0 heterocycles. The minimum Gasteiger partial charge on any atom is -0.324 e. The molecule has 2 aromatic carbocycles. The molecule has 0 bridgehead atoms. The third-order valence-corrected chi connectivity index (χ3v) is 4.03. The van der Waals surface area contributed by atoms with E-state index >= 15 is 0 Å². The van der Waals surface area contributed by atoms with Gasteiger partial charge in [0, 0.05) is 5.56 Å². The molecule has 2 aromatic rings. The number of halogens is 2. The van der Waals surface area contributed by atoms with E-state index in [1.165, 1.54) is 12.1 Å². The first kappa shape index (κ1) is 16.5. The van der Waals surface area contributed by atoms with Gasteiger partial charge in [0.2, 0.25) is 0 Å². The van der Waals surface area contributed by atoms with Crippen molar-refractivity contribution in [2.75, 3.05) is 18.9 Å². The summed E-state index contributed by atoms with van der Waals surface area (Å²) in [6.45, 7) is 2.30. The van der Waals surface area contributed by atoms with Crippen molar-refractivity contribution >= 4 is 23.2 Å². The minimum absolute atomic E-state index is 0.0811. The Morgan fingerprint density at radius 2 is 1.86 bits per heavy atom. The monoisotopic (exact) mass is 321 g/mol. The molecule has 0 radical (unpaired) electrons. The van der Waals surface area contributed by atoms with Gasteiger partial charge in [-0.25, -0.2) is 4.39 Å². The van der Waals surface area contributed by atoms with E-state index in [1.54, 1.807) is 24.3 Å². The van der Waals surface area contributed by atoms with Gasteiger partial charge >= 0.3 is 0 Å². The molecule has 2 N–H and O–H groups in total. The maximum absolute atomic E-state index is 13.0. The number of rotatable bonds is 5. The van der Waals surface area contributed by atoms with Gasteiger partial charge < -0.3 is 10.2 Å². The maximum atomic E-state index is 13.0. The molecule has 0 spiro atoms. The van der Waals surface area contributed by atoms with Crippen LogP contribution >= 0.6 is 11.6 Å². The normalized spacial score (nSPS) is 13.5. The largest absolute Gasteiger partial charge is 0.324 e. The lowest BCUT2D eigenvalue weighted by Gasteiger charge is -2.21. The molecule has 0 saturated heterocycles. The third kappa shape index (κ3) is 4.29. The summed E-state index contributed by atoms with van der Waals surface area (Å²) in [7, 11) is 1.93. The Morgan fingerprint density at radius 3 is 2.50 bits per heavy atom. The highest BCUT2D eigenvalue weighted by Crippen LogP contribution is 2.20. The fourth-order valence-electron chi connectivity index (χ4n) is 2.20. The Hall–Kier alpha value is -1.91. The van der Waals surface area contributed by atoms with E-state index in [0.29, 0.717) is 17.3 Å². The topological polar surface area (TPSA) is 33.5 Å². The van der Waals surface area contributed by atoms with Crippen LogP contribution in [0, 0.1) is 5.82 Å². The zero-order chi connectivity index (χ0) is 16.1. The van der Waals surface area contributed by atoms with Crippen LogP contribution in [-0.2, 0) is 4.79 Å².